The van der Waals surface area contributed by atoms with E-state index >= 15 is 0 Å². The quantitative estimate of drug-likeness (QED) is 0.168. The van der Waals surface area contributed by atoms with Gasteiger partial charge >= 0.3 is 0 Å². The van der Waals surface area contributed by atoms with Crippen LogP contribution in [0.25, 0.3) is 71.4 Å². The molecule has 6 aromatic rings. The van der Waals surface area contributed by atoms with Crippen molar-refractivity contribution in [3.8, 4) is 44.6 Å². The molecule has 0 amide bonds. The van der Waals surface area contributed by atoms with Crippen LogP contribution in [0.5, 0.6) is 0 Å². The molecule has 0 fully saturated rings. The molecule has 3 aliphatic rings. The number of hydrogen-bond acceptors (Lipinski definition) is 6. The SMILES string of the molecule is C1=CCCC(c2nc(C3=CCCC=C3)nc(-c3cc(C4=CCCC=C4)cc(-c4cc(-c5cc6ccccc6s5)nc(-c5ccccc5)n4)c3)n2)=C1. The Bertz CT molecular complexity index is 2440. The lowest BCUT2D eigenvalue weighted by Gasteiger charge is -2.15. The van der Waals surface area contributed by atoms with Gasteiger partial charge in [-0.05, 0) is 97.0 Å². The van der Waals surface area contributed by atoms with Crippen molar-refractivity contribution in [3.05, 3.63) is 157 Å². The van der Waals surface area contributed by atoms with Crippen LogP contribution in [0, 0.1) is 0 Å². The summed E-state index contributed by atoms with van der Waals surface area (Å²) in [6.07, 6.45) is 25.8. The first-order valence-corrected chi connectivity index (χ1v) is 18.5. The Morgan fingerprint density at radius 3 is 1.98 bits per heavy atom. The average Bonchev–Trinajstić information content (AvgIpc) is 3.66. The zero-order valence-electron chi connectivity index (χ0n) is 28.2. The van der Waals surface area contributed by atoms with Crippen LogP contribution in [0.2, 0.25) is 0 Å². The molecule has 3 aromatic heterocycles. The van der Waals surface area contributed by atoms with Crippen molar-refractivity contribution in [1.29, 1.82) is 0 Å². The van der Waals surface area contributed by atoms with Gasteiger partial charge in [-0.3, -0.25) is 0 Å². The molecule has 0 radical (unpaired) electrons. The second kappa shape index (κ2) is 13.8. The van der Waals surface area contributed by atoms with Crippen LogP contribution >= 0.6 is 11.3 Å². The van der Waals surface area contributed by atoms with Gasteiger partial charge < -0.3 is 0 Å². The second-order valence-corrected chi connectivity index (χ2v) is 14.1. The molecule has 0 atom stereocenters. The molecule has 0 spiro atoms. The summed E-state index contributed by atoms with van der Waals surface area (Å²) < 4.78 is 1.24. The summed E-state index contributed by atoms with van der Waals surface area (Å²) in [5, 5.41) is 1.21. The first kappa shape index (κ1) is 31.2. The normalized spacial score (nSPS) is 15.5. The van der Waals surface area contributed by atoms with Gasteiger partial charge in [-0.15, -0.1) is 11.3 Å². The highest BCUT2D eigenvalue weighted by atomic mass is 32.1. The summed E-state index contributed by atoms with van der Waals surface area (Å²) in [6.45, 7) is 0. The number of rotatable bonds is 7. The third kappa shape index (κ3) is 6.58. The van der Waals surface area contributed by atoms with E-state index in [1.807, 2.05) is 18.2 Å². The first-order valence-electron chi connectivity index (χ1n) is 17.7. The Hall–Kier alpha value is -5.85. The topological polar surface area (TPSA) is 64.5 Å². The molecule has 5 nitrogen and oxygen atoms in total. The molecule has 51 heavy (non-hydrogen) atoms. The number of thiophene rings is 1. The number of aromatic nitrogens is 5. The van der Waals surface area contributed by atoms with Gasteiger partial charge in [0, 0.05) is 27.0 Å². The maximum Gasteiger partial charge on any atom is 0.164 e. The fourth-order valence-electron chi connectivity index (χ4n) is 6.79. The van der Waals surface area contributed by atoms with Gasteiger partial charge in [-0.2, -0.15) is 0 Å². The Morgan fingerprint density at radius 2 is 1.20 bits per heavy atom. The predicted octanol–water partition coefficient (Wildman–Crippen LogP) is 11.7. The van der Waals surface area contributed by atoms with Crippen molar-refractivity contribution >= 4 is 38.1 Å². The third-order valence-corrected chi connectivity index (χ3v) is 10.6. The molecule has 0 bridgehead atoms. The lowest BCUT2D eigenvalue weighted by molar-refractivity contribution is 0.952. The van der Waals surface area contributed by atoms with Crippen LogP contribution in [0.1, 0.15) is 55.7 Å². The van der Waals surface area contributed by atoms with Gasteiger partial charge in [-0.25, -0.2) is 24.9 Å². The minimum atomic E-state index is 0.663. The maximum atomic E-state index is 5.22. The van der Waals surface area contributed by atoms with Crippen LogP contribution in [-0.4, -0.2) is 24.9 Å². The van der Waals surface area contributed by atoms with E-state index in [1.165, 1.54) is 15.7 Å². The highest BCUT2D eigenvalue weighted by Crippen LogP contribution is 2.37. The number of hydrogen-bond donors (Lipinski definition) is 0. The first-order chi connectivity index (χ1) is 25.2. The average molecular weight is 678 g/mol. The molecule has 0 saturated heterocycles. The van der Waals surface area contributed by atoms with Gasteiger partial charge in [0.1, 0.15) is 0 Å². The summed E-state index contributed by atoms with van der Waals surface area (Å²) in [5.74, 6) is 2.81. The molecular weight excluding hydrogens is 643 g/mol. The van der Waals surface area contributed by atoms with Crippen LogP contribution < -0.4 is 0 Å². The van der Waals surface area contributed by atoms with E-state index in [1.54, 1.807) is 11.3 Å². The van der Waals surface area contributed by atoms with Crippen LogP contribution in [0.3, 0.4) is 0 Å². The minimum absolute atomic E-state index is 0.663. The van der Waals surface area contributed by atoms with Crippen molar-refractivity contribution in [1.82, 2.24) is 24.9 Å². The third-order valence-electron chi connectivity index (χ3n) is 9.44. The van der Waals surface area contributed by atoms with Crippen molar-refractivity contribution in [2.45, 2.75) is 38.5 Å². The summed E-state index contributed by atoms with van der Waals surface area (Å²) in [4.78, 5) is 26.8. The van der Waals surface area contributed by atoms with Crippen LogP contribution in [0.15, 0.2) is 140 Å². The molecule has 3 aliphatic carbocycles. The smallest absolute Gasteiger partial charge is 0.164 e. The molecule has 0 unspecified atom stereocenters. The number of fused-ring (bicyclic) bond motifs is 1. The summed E-state index contributed by atoms with van der Waals surface area (Å²) >= 11 is 1.76. The molecule has 0 N–H and O–H groups in total. The number of benzene rings is 3. The Balaban J connectivity index is 1.25. The zero-order valence-corrected chi connectivity index (χ0v) is 29.0. The molecule has 3 aromatic carbocycles. The van der Waals surface area contributed by atoms with Crippen molar-refractivity contribution in [2.75, 3.05) is 0 Å². The fourth-order valence-corrected chi connectivity index (χ4v) is 7.81. The lowest BCUT2D eigenvalue weighted by atomic mass is 9.94. The molecule has 0 aliphatic heterocycles. The fraction of sp³-hybridized carbons (Fsp3) is 0.133. The molecule has 9 rings (SSSR count). The van der Waals surface area contributed by atoms with Gasteiger partial charge in [0.15, 0.2) is 23.3 Å². The highest BCUT2D eigenvalue weighted by molar-refractivity contribution is 7.22. The van der Waals surface area contributed by atoms with E-state index in [2.05, 4.69) is 121 Å². The number of nitrogens with zero attached hydrogens (tertiary/aromatic N) is 5. The van der Waals surface area contributed by atoms with E-state index < -0.39 is 0 Å². The maximum absolute atomic E-state index is 5.22. The summed E-state index contributed by atoms with van der Waals surface area (Å²) in [7, 11) is 0. The Morgan fingerprint density at radius 1 is 0.490 bits per heavy atom. The molecule has 0 saturated carbocycles. The Kier molecular flexibility index (Phi) is 8.44. The van der Waals surface area contributed by atoms with E-state index in [9.17, 15) is 0 Å². The minimum Gasteiger partial charge on any atom is -0.228 e. The van der Waals surface area contributed by atoms with E-state index in [0.29, 0.717) is 17.5 Å². The van der Waals surface area contributed by atoms with Gasteiger partial charge in [0.25, 0.3) is 0 Å². The number of allylic oxidation sites excluding steroid dienone is 12. The van der Waals surface area contributed by atoms with Crippen LogP contribution in [0.4, 0.5) is 0 Å². The summed E-state index contributed by atoms with van der Waals surface area (Å²) in [5.41, 5.74) is 9.14. The van der Waals surface area contributed by atoms with E-state index in [0.717, 1.165) is 94.0 Å². The Labute approximate surface area is 301 Å². The predicted molar refractivity (Wildman–Crippen MR) is 212 cm³/mol. The molecule has 6 heteroatoms. The van der Waals surface area contributed by atoms with Gasteiger partial charge in [0.2, 0.25) is 0 Å². The van der Waals surface area contributed by atoms with Crippen molar-refractivity contribution in [2.24, 2.45) is 0 Å². The van der Waals surface area contributed by atoms with E-state index in [4.69, 9.17) is 24.9 Å². The van der Waals surface area contributed by atoms with Crippen molar-refractivity contribution < 1.29 is 0 Å². The standard InChI is InChI=1S/C45H35N5S/c1-5-15-30(16-6-1)35-25-36(27-37(26-35)45-49-43(32-19-9-3-10-20-32)48-44(50-45)33-21-11-4-12-22-33)38-29-39(41-28-34-23-13-14-24-40(34)51-41)47-42(46-38)31-17-7-2-8-18-31/h2-3,5,7-9,11,13-19,21-29H,1,4,6,10,12,20H2. The monoisotopic (exact) mass is 677 g/mol. The van der Waals surface area contributed by atoms with Gasteiger partial charge in [-0.1, -0.05) is 103 Å². The highest BCUT2D eigenvalue weighted by Gasteiger charge is 2.19. The molecular formula is C45H35N5S. The summed E-state index contributed by atoms with van der Waals surface area (Å²) in [6, 6.07) is 29.8. The largest absolute Gasteiger partial charge is 0.228 e. The van der Waals surface area contributed by atoms with E-state index in [-0.39, 0.29) is 0 Å². The van der Waals surface area contributed by atoms with Gasteiger partial charge in [0.05, 0.1) is 16.3 Å². The van der Waals surface area contributed by atoms with Crippen molar-refractivity contribution in [3.63, 3.8) is 0 Å². The lowest BCUT2D eigenvalue weighted by Crippen LogP contribution is -2.06. The molecule has 246 valence electrons. The zero-order chi connectivity index (χ0) is 34.0. The second-order valence-electron chi connectivity index (χ2n) is 13.0. The van der Waals surface area contributed by atoms with Crippen LogP contribution in [-0.2, 0) is 0 Å². The molecule has 3 heterocycles.